The molecule has 0 saturated carbocycles. The summed E-state index contributed by atoms with van der Waals surface area (Å²) in [6.07, 6.45) is 7.54. The summed E-state index contributed by atoms with van der Waals surface area (Å²) in [4.78, 5) is 14.3. The standard InChI is InChI=1S/C14H26N2O2.ClH/c15-7-6-12-4-3-8-16(11-12)14(17)10-13-5-1-2-9-18-13;/h12-13H,1-11,15H2;1H. The number of piperidine rings is 1. The average molecular weight is 291 g/mol. The Morgan fingerprint density at radius 2 is 2.11 bits per heavy atom. The van der Waals surface area contributed by atoms with E-state index >= 15 is 0 Å². The second kappa shape index (κ2) is 8.77. The molecule has 0 aromatic carbocycles. The van der Waals surface area contributed by atoms with E-state index in [0.29, 0.717) is 12.3 Å². The monoisotopic (exact) mass is 290 g/mol. The van der Waals surface area contributed by atoms with E-state index in [1.165, 1.54) is 12.8 Å². The molecule has 2 aliphatic heterocycles. The van der Waals surface area contributed by atoms with Crippen LogP contribution in [0.3, 0.4) is 0 Å². The molecule has 2 fully saturated rings. The van der Waals surface area contributed by atoms with Crippen LogP contribution in [0.15, 0.2) is 0 Å². The Morgan fingerprint density at radius 3 is 2.79 bits per heavy atom. The summed E-state index contributed by atoms with van der Waals surface area (Å²) in [5.74, 6) is 0.892. The van der Waals surface area contributed by atoms with E-state index in [9.17, 15) is 4.79 Å². The molecule has 2 rings (SSSR count). The van der Waals surface area contributed by atoms with Gasteiger partial charge in [0.15, 0.2) is 0 Å². The van der Waals surface area contributed by atoms with Gasteiger partial charge in [0.25, 0.3) is 0 Å². The number of rotatable bonds is 4. The van der Waals surface area contributed by atoms with Crippen LogP contribution in [0.1, 0.15) is 44.9 Å². The van der Waals surface area contributed by atoms with Crippen LogP contribution < -0.4 is 5.73 Å². The zero-order valence-corrected chi connectivity index (χ0v) is 12.5. The van der Waals surface area contributed by atoms with E-state index in [1.54, 1.807) is 0 Å². The largest absolute Gasteiger partial charge is 0.378 e. The van der Waals surface area contributed by atoms with Gasteiger partial charge in [-0.05, 0) is 51.0 Å². The normalized spacial score (nSPS) is 27.7. The van der Waals surface area contributed by atoms with E-state index in [0.717, 1.165) is 51.9 Å². The van der Waals surface area contributed by atoms with Crippen molar-refractivity contribution < 1.29 is 9.53 Å². The Morgan fingerprint density at radius 1 is 1.26 bits per heavy atom. The minimum absolute atomic E-state index is 0. The van der Waals surface area contributed by atoms with E-state index < -0.39 is 0 Å². The minimum atomic E-state index is 0. The molecule has 0 bridgehead atoms. The summed E-state index contributed by atoms with van der Waals surface area (Å²) >= 11 is 0. The Kier molecular flexibility index (Phi) is 7.73. The number of nitrogens with two attached hydrogens (primary N) is 1. The van der Waals surface area contributed by atoms with Crippen molar-refractivity contribution in [3.8, 4) is 0 Å². The van der Waals surface area contributed by atoms with Crippen LogP contribution >= 0.6 is 12.4 Å². The van der Waals surface area contributed by atoms with Gasteiger partial charge in [-0.15, -0.1) is 12.4 Å². The summed E-state index contributed by atoms with van der Waals surface area (Å²) < 4.78 is 5.65. The lowest BCUT2D eigenvalue weighted by molar-refractivity contribution is -0.137. The van der Waals surface area contributed by atoms with Gasteiger partial charge in [-0.3, -0.25) is 4.79 Å². The van der Waals surface area contributed by atoms with Gasteiger partial charge in [0.1, 0.15) is 0 Å². The lowest BCUT2D eigenvalue weighted by atomic mass is 9.94. The third kappa shape index (κ3) is 5.28. The summed E-state index contributed by atoms with van der Waals surface area (Å²) in [5.41, 5.74) is 5.61. The maximum Gasteiger partial charge on any atom is 0.225 e. The quantitative estimate of drug-likeness (QED) is 0.861. The van der Waals surface area contributed by atoms with Crippen LogP contribution in [0.25, 0.3) is 0 Å². The van der Waals surface area contributed by atoms with Gasteiger partial charge < -0.3 is 15.4 Å². The first kappa shape index (κ1) is 16.7. The van der Waals surface area contributed by atoms with Crippen LogP contribution in [0.2, 0.25) is 0 Å². The van der Waals surface area contributed by atoms with E-state index in [2.05, 4.69) is 0 Å². The molecule has 1 amide bonds. The number of amides is 1. The number of carbonyl (C=O) groups is 1. The van der Waals surface area contributed by atoms with Crippen molar-refractivity contribution in [2.24, 2.45) is 11.7 Å². The SMILES string of the molecule is Cl.NCCC1CCCN(C(=O)CC2CCCCO2)C1. The average Bonchev–Trinajstić information content (AvgIpc) is 2.40. The highest BCUT2D eigenvalue weighted by molar-refractivity contribution is 5.85. The molecule has 2 atom stereocenters. The van der Waals surface area contributed by atoms with Gasteiger partial charge in [-0.2, -0.15) is 0 Å². The van der Waals surface area contributed by atoms with Crippen LogP contribution in [-0.2, 0) is 9.53 Å². The number of likely N-dealkylation sites (tertiary alicyclic amines) is 1. The van der Waals surface area contributed by atoms with Crippen LogP contribution in [0.4, 0.5) is 0 Å². The fourth-order valence-electron chi connectivity index (χ4n) is 3.06. The molecule has 0 aliphatic carbocycles. The molecule has 19 heavy (non-hydrogen) atoms. The highest BCUT2D eigenvalue weighted by Crippen LogP contribution is 2.22. The molecule has 0 radical (unpaired) electrons. The summed E-state index contributed by atoms with van der Waals surface area (Å²) in [6, 6.07) is 0. The first-order valence-corrected chi connectivity index (χ1v) is 7.39. The molecule has 2 saturated heterocycles. The Labute approximate surface area is 122 Å². The Bertz CT molecular complexity index is 268. The van der Waals surface area contributed by atoms with Crippen molar-refractivity contribution in [1.29, 1.82) is 0 Å². The predicted octanol–water partition coefficient (Wildman–Crippen LogP) is 1.95. The van der Waals surface area contributed by atoms with Crippen molar-refractivity contribution in [3.05, 3.63) is 0 Å². The molecule has 0 aromatic rings. The highest BCUT2D eigenvalue weighted by atomic mass is 35.5. The van der Waals surface area contributed by atoms with Gasteiger partial charge in [-0.25, -0.2) is 0 Å². The molecule has 2 N–H and O–H groups in total. The fraction of sp³-hybridized carbons (Fsp3) is 0.929. The third-order valence-electron chi connectivity index (χ3n) is 4.12. The molecule has 5 heteroatoms. The van der Waals surface area contributed by atoms with E-state index in [-0.39, 0.29) is 24.4 Å². The summed E-state index contributed by atoms with van der Waals surface area (Å²) in [6.45, 7) is 3.39. The lowest BCUT2D eigenvalue weighted by Crippen LogP contribution is -2.42. The van der Waals surface area contributed by atoms with Crippen LogP contribution in [0.5, 0.6) is 0 Å². The van der Waals surface area contributed by atoms with Crippen molar-refractivity contribution in [2.45, 2.75) is 51.0 Å². The fourth-order valence-corrected chi connectivity index (χ4v) is 3.06. The molecule has 112 valence electrons. The van der Waals surface area contributed by atoms with Crippen molar-refractivity contribution in [1.82, 2.24) is 4.90 Å². The number of nitrogens with zero attached hydrogens (tertiary/aromatic N) is 1. The molecule has 2 unspecified atom stereocenters. The van der Waals surface area contributed by atoms with Gasteiger partial charge in [-0.1, -0.05) is 0 Å². The lowest BCUT2D eigenvalue weighted by Gasteiger charge is -2.34. The van der Waals surface area contributed by atoms with E-state index in [1.807, 2.05) is 4.90 Å². The number of ether oxygens (including phenoxy) is 1. The Balaban J connectivity index is 0.00000180. The molecule has 2 aliphatic rings. The molecule has 4 nitrogen and oxygen atoms in total. The topological polar surface area (TPSA) is 55.6 Å². The number of halogens is 1. The molecular formula is C14H27ClN2O2. The van der Waals surface area contributed by atoms with Crippen LogP contribution in [0, 0.1) is 5.92 Å². The number of hydrogen-bond acceptors (Lipinski definition) is 3. The van der Waals surface area contributed by atoms with Crippen molar-refractivity contribution in [2.75, 3.05) is 26.2 Å². The maximum absolute atomic E-state index is 12.2. The number of carbonyl (C=O) groups excluding carboxylic acids is 1. The smallest absolute Gasteiger partial charge is 0.225 e. The van der Waals surface area contributed by atoms with E-state index in [4.69, 9.17) is 10.5 Å². The summed E-state index contributed by atoms with van der Waals surface area (Å²) in [5, 5.41) is 0. The minimum Gasteiger partial charge on any atom is -0.378 e. The van der Waals surface area contributed by atoms with Gasteiger partial charge in [0.2, 0.25) is 5.91 Å². The Hall–Kier alpha value is -0.320. The molecule has 0 spiro atoms. The molecular weight excluding hydrogens is 264 g/mol. The van der Waals surface area contributed by atoms with Gasteiger partial charge in [0.05, 0.1) is 12.5 Å². The second-order valence-corrected chi connectivity index (χ2v) is 5.62. The van der Waals surface area contributed by atoms with Crippen LogP contribution in [-0.4, -0.2) is 43.2 Å². The maximum atomic E-state index is 12.2. The first-order chi connectivity index (χ1) is 8.79. The van der Waals surface area contributed by atoms with Crippen molar-refractivity contribution >= 4 is 18.3 Å². The number of hydrogen-bond donors (Lipinski definition) is 1. The first-order valence-electron chi connectivity index (χ1n) is 7.39. The van der Waals surface area contributed by atoms with Gasteiger partial charge in [0, 0.05) is 19.7 Å². The summed E-state index contributed by atoms with van der Waals surface area (Å²) in [7, 11) is 0. The third-order valence-corrected chi connectivity index (χ3v) is 4.12. The van der Waals surface area contributed by atoms with Crippen molar-refractivity contribution in [3.63, 3.8) is 0 Å². The highest BCUT2D eigenvalue weighted by Gasteiger charge is 2.26. The predicted molar refractivity (Wildman–Crippen MR) is 78.4 cm³/mol. The molecule has 2 heterocycles. The molecule has 0 aromatic heterocycles. The zero-order valence-electron chi connectivity index (χ0n) is 11.7. The van der Waals surface area contributed by atoms with Gasteiger partial charge >= 0.3 is 0 Å². The zero-order chi connectivity index (χ0) is 12.8. The second-order valence-electron chi connectivity index (χ2n) is 5.62.